The Hall–Kier alpha value is -2.94. The highest BCUT2D eigenvalue weighted by Gasteiger charge is 2.54. The number of benzene rings is 2. The van der Waals surface area contributed by atoms with Gasteiger partial charge in [0.1, 0.15) is 0 Å². The van der Waals surface area contributed by atoms with Crippen molar-refractivity contribution in [1.29, 1.82) is 0 Å². The summed E-state index contributed by atoms with van der Waals surface area (Å²) in [7, 11) is -1.14. The molecule has 42 heavy (non-hydrogen) atoms. The van der Waals surface area contributed by atoms with E-state index >= 15 is 0 Å². The number of carbonyl (C=O) groups excluding carboxylic acids is 1. The molecular formula is C27H27BF9NO4. The number of hydrogen-bond donors (Lipinski definition) is 0. The highest BCUT2D eigenvalue weighted by Crippen LogP contribution is 2.46. The summed E-state index contributed by atoms with van der Waals surface area (Å²) in [5.74, 6) is 0. The van der Waals surface area contributed by atoms with Gasteiger partial charge in [-0.05, 0) is 82.4 Å². The summed E-state index contributed by atoms with van der Waals surface area (Å²) in [6, 6.07) is 3.63. The first kappa shape index (κ1) is 32.0. The second-order valence-electron chi connectivity index (χ2n) is 11.8. The van der Waals surface area contributed by atoms with Gasteiger partial charge in [-0.25, -0.2) is 4.79 Å². The van der Waals surface area contributed by atoms with Crippen LogP contribution in [0.4, 0.5) is 44.3 Å². The van der Waals surface area contributed by atoms with Crippen molar-refractivity contribution in [3.05, 3.63) is 64.2 Å². The van der Waals surface area contributed by atoms with E-state index in [9.17, 15) is 44.3 Å². The smallest absolute Gasteiger partial charge is 0.439 e. The lowest BCUT2D eigenvalue weighted by molar-refractivity contribution is -0.143. The fourth-order valence-corrected chi connectivity index (χ4v) is 4.85. The molecule has 5 nitrogen and oxygen atoms in total. The lowest BCUT2D eigenvalue weighted by atomic mass is 9.75. The predicted octanol–water partition coefficient (Wildman–Crippen LogP) is 7.51. The van der Waals surface area contributed by atoms with E-state index in [0.717, 1.165) is 23.1 Å². The van der Waals surface area contributed by atoms with E-state index in [2.05, 4.69) is 0 Å². The Bertz CT molecular complexity index is 1330. The summed E-state index contributed by atoms with van der Waals surface area (Å²) in [6.07, 6.45) is -17.8. The van der Waals surface area contributed by atoms with Crippen LogP contribution < -0.4 is 5.46 Å². The average molecular weight is 611 g/mol. The van der Waals surface area contributed by atoms with Gasteiger partial charge in [-0.15, -0.1) is 0 Å². The molecular weight excluding hydrogens is 584 g/mol. The summed E-state index contributed by atoms with van der Waals surface area (Å²) in [6.45, 7) is 9.03. The maximum atomic E-state index is 13.7. The van der Waals surface area contributed by atoms with Gasteiger partial charge in [0, 0.05) is 6.54 Å². The van der Waals surface area contributed by atoms with Crippen molar-refractivity contribution in [2.24, 2.45) is 0 Å². The van der Waals surface area contributed by atoms with Crippen molar-refractivity contribution in [3.8, 4) is 0 Å². The van der Waals surface area contributed by atoms with Gasteiger partial charge in [0.2, 0.25) is 0 Å². The fraction of sp³-hybridized carbons (Fsp3) is 0.519. The molecule has 0 N–H and O–H groups in total. The van der Waals surface area contributed by atoms with E-state index in [1.54, 1.807) is 27.7 Å². The number of rotatable bonds is 4. The molecule has 2 fully saturated rings. The van der Waals surface area contributed by atoms with E-state index in [1.807, 2.05) is 0 Å². The number of hydrogen-bond acceptors (Lipinski definition) is 4. The second-order valence-corrected chi connectivity index (χ2v) is 11.8. The molecule has 2 aromatic carbocycles. The Balaban J connectivity index is 1.77. The van der Waals surface area contributed by atoms with Crippen LogP contribution in [0.2, 0.25) is 0 Å². The fourth-order valence-electron chi connectivity index (χ4n) is 4.85. The Morgan fingerprint density at radius 2 is 1.21 bits per heavy atom. The minimum absolute atomic E-state index is 0.0511. The molecule has 0 saturated carbocycles. The van der Waals surface area contributed by atoms with Gasteiger partial charge in [0.15, 0.2) is 6.10 Å². The van der Waals surface area contributed by atoms with E-state index in [0.29, 0.717) is 12.1 Å². The Morgan fingerprint density at radius 1 is 0.738 bits per heavy atom. The minimum Gasteiger partial charge on any atom is -0.439 e. The lowest BCUT2D eigenvalue weighted by Gasteiger charge is -2.33. The zero-order valence-electron chi connectivity index (χ0n) is 23.3. The summed E-state index contributed by atoms with van der Waals surface area (Å²) < 4.78 is 139. The maximum Gasteiger partial charge on any atom is 0.495 e. The molecule has 2 saturated heterocycles. The topological polar surface area (TPSA) is 48.0 Å². The number of alkyl halides is 9. The van der Waals surface area contributed by atoms with Crippen LogP contribution in [0, 0.1) is 0 Å². The Kier molecular flexibility index (Phi) is 7.46. The molecule has 0 spiro atoms. The van der Waals surface area contributed by atoms with Crippen LogP contribution in [0.5, 0.6) is 0 Å². The molecule has 0 unspecified atom stereocenters. The molecule has 0 aliphatic carbocycles. The summed E-state index contributed by atoms with van der Waals surface area (Å²) in [5.41, 5.74) is -8.06. The van der Waals surface area contributed by atoms with Crippen LogP contribution in [-0.2, 0) is 39.1 Å². The van der Waals surface area contributed by atoms with Crippen molar-refractivity contribution >= 4 is 18.7 Å². The number of carbonyl (C=O) groups is 1. The third-order valence-electron chi connectivity index (χ3n) is 8.00. The third-order valence-corrected chi connectivity index (χ3v) is 8.00. The standard InChI is InChI=1S/C27H27BF9NO4/c1-22(2)20(14-9-17(26(32,33)34)12-18(10-14)27(35,36)37)40-21(39)38(22)13-15-11-16(25(29,30)31)7-8-19(15)28-41-23(3,4)24(5,6)42-28/h7-12,20H,13H2,1-6H3/t20-/m1/s1. The normalized spacial score (nSPS) is 22.1. The van der Waals surface area contributed by atoms with Crippen LogP contribution >= 0.6 is 0 Å². The van der Waals surface area contributed by atoms with Gasteiger partial charge in [-0.3, -0.25) is 4.90 Å². The number of halogens is 9. The molecule has 1 amide bonds. The van der Waals surface area contributed by atoms with Crippen LogP contribution in [0.1, 0.15) is 75.5 Å². The van der Waals surface area contributed by atoms with Gasteiger partial charge in [-0.1, -0.05) is 12.1 Å². The van der Waals surface area contributed by atoms with Gasteiger partial charge in [-0.2, -0.15) is 39.5 Å². The van der Waals surface area contributed by atoms with Gasteiger partial charge < -0.3 is 14.0 Å². The van der Waals surface area contributed by atoms with Crippen LogP contribution in [0.3, 0.4) is 0 Å². The number of amides is 1. The summed E-state index contributed by atoms with van der Waals surface area (Å²) >= 11 is 0. The molecule has 0 radical (unpaired) electrons. The molecule has 15 heteroatoms. The molecule has 2 aliphatic heterocycles. The number of ether oxygens (including phenoxy) is 1. The van der Waals surface area contributed by atoms with Crippen molar-refractivity contribution in [1.82, 2.24) is 4.90 Å². The van der Waals surface area contributed by atoms with Crippen molar-refractivity contribution < 1.29 is 58.4 Å². The van der Waals surface area contributed by atoms with E-state index in [4.69, 9.17) is 14.0 Å². The average Bonchev–Trinajstić information content (AvgIpc) is 3.18. The summed E-state index contributed by atoms with van der Waals surface area (Å²) in [5, 5.41) is 0. The van der Waals surface area contributed by atoms with Crippen molar-refractivity contribution in [3.63, 3.8) is 0 Å². The first-order valence-electron chi connectivity index (χ1n) is 12.7. The molecule has 4 rings (SSSR count). The predicted molar refractivity (Wildman–Crippen MR) is 132 cm³/mol. The van der Waals surface area contributed by atoms with Gasteiger partial charge in [0.25, 0.3) is 0 Å². The monoisotopic (exact) mass is 611 g/mol. The molecule has 2 aromatic rings. The van der Waals surface area contributed by atoms with E-state index in [-0.39, 0.29) is 17.1 Å². The highest BCUT2D eigenvalue weighted by atomic mass is 19.4. The first-order valence-corrected chi connectivity index (χ1v) is 12.7. The van der Waals surface area contributed by atoms with E-state index in [1.165, 1.54) is 13.8 Å². The highest BCUT2D eigenvalue weighted by molar-refractivity contribution is 6.62. The van der Waals surface area contributed by atoms with Crippen molar-refractivity contribution in [2.45, 2.75) is 89.5 Å². The minimum atomic E-state index is -5.14. The molecule has 230 valence electrons. The zero-order valence-corrected chi connectivity index (χ0v) is 23.3. The van der Waals surface area contributed by atoms with Crippen LogP contribution in [-0.4, -0.2) is 34.9 Å². The molecule has 0 bridgehead atoms. The van der Waals surface area contributed by atoms with Crippen LogP contribution in [0.15, 0.2) is 36.4 Å². The first-order chi connectivity index (χ1) is 18.8. The number of nitrogens with zero attached hydrogens (tertiary/aromatic N) is 1. The van der Waals surface area contributed by atoms with Gasteiger partial charge in [0.05, 0.1) is 33.4 Å². The van der Waals surface area contributed by atoms with Crippen LogP contribution in [0.25, 0.3) is 0 Å². The second kappa shape index (κ2) is 9.80. The Morgan fingerprint density at radius 3 is 1.67 bits per heavy atom. The van der Waals surface area contributed by atoms with Gasteiger partial charge >= 0.3 is 31.7 Å². The molecule has 2 heterocycles. The quantitative estimate of drug-likeness (QED) is 0.265. The zero-order chi connectivity index (χ0) is 31.8. The third kappa shape index (κ3) is 5.81. The van der Waals surface area contributed by atoms with Crippen molar-refractivity contribution in [2.75, 3.05) is 0 Å². The molecule has 0 aromatic heterocycles. The maximum absolute atomic E-state index is 13.7. The lowest BCUT2D eigenvalue weighted by Crippen LogP contribution is -2.45. The summed E-state index contributed by atoms with van der Waals surface area (Å²) in [4.78, 5) is 14.0. The number of cyclic esters (lactones) is 1. The molecule has 1 atom stereocenters. The van der Waals surface area contributed by atoms with E-state index < -0.39 is 83.4 Å². The SMILES string of the molecule is CC1(C)[C@@H](c2cc(C(F)(F)F)cc(C(F)(F)F)c2)OC(=O)N1Cc1cc(C(F)(F)F)ccc1B1OC(C)(C)C(C)(C)O1. The largest absolute Gasteiger partial charge is 0.495 e. The molecule has 2 aliphatic rings. The Labute approximate surface area is 236 Å².